The maximum atomic E-state index is 5.38. The van der Waals surface area contributed by atoms with Crippen molar-refractivity contribution in [2.24, 2.45) is 0 Å². The van der Waals surface area contributed by atoms with E-state index in [9.17, 15) is 0 Å². The molecule has 0 spiro atoms. The summed E-state index contributed by atoms with van der Waals surface area (Å²) in [4.78, 5) is 49.7. The Labute approximate surface area is 354 Å². The molecule has 56 heavy (non-hydrogen) atoms. The highest BCUT2D eigenvalue weighted by atomic mass is 32.2. The lowest BCUT2D eigenvalue weighted by molar-refractivity contribution is 1.19. The molecule has 0 saturated carbocycles. The number of fused-ring (bicyclic) bond motifs is 24. The minimum atomic E-state index is 0.657. The van der Waals surface area contributed by atoms with Gasteiger partial charge in [-0.05, 0) is 48.5 Å². The van der Waals surface area contributed by atoms with Crippen LogP contribution in [0, 0.1) is 0 Å². The molecular formula is C40H26N8S8. The largest absolute Gasteiger partial charge is 0.324 e. The first-order valence-corrected chi connectivity index (χ1v) is 26.1. The van der Waals surface area contributed by atoms with Crippen molar-refractivity contribution < 1.29 is 0 Å². The number of hydrogen-bond donors (Lipinski definition) is 2. The average Bonchev–Trinajstić information content (AvgIpc) is 3.95. The molecule has 0 aliphatic carbocycles. The van der Waals surface area contributed by atoms with Crippen LogP contribution in [-0.4, -0.2) is 85.9 Å². The monoisotopic (exact) mass is 874 g/mol. The molecule has 0 radical (unpaired) electrons. The number of nitrogens with zero attached hydrogens (tertiary/aromatic N) is 6. The summed E-state index contributed by atoms with van der Waals surface area (Å²) in [7, 11) is 0. The van der Waals surface area contributed by atoms with E-state index in [0.717, 1.165) is 112 Å². The van der Waals surface area contributed by atoms with Gasteiger partial charge in [-0.3, -0.25) is 0 Å². The van der Waals surface area contributed by atoms with Crippen molar-refractivity contribution in [1.29, 1.82) is 0 Å². The number of rotatable bonds is 0. The Bertz CT molecular complexity index is 2690. The molecule has 6 aliphatic rings. The van der Waals surface area contributed by atoms with E-state index in [-0.39, 0.29) is 0 Å². The maximum absolute atomic E-state index is 5.38. The van der Waals surface area contributed by atoms with Crippen LogP contribution >= 0.6 is 94.1 Å². The van der Waals surface area contributed by atoms with Crippen molar-refractivity contribution in [1.82, 2.24) is 39.9 Å². The minimum Gasteiger partial charge on any atom is -0.324 e. The van der Waals surface area contributed by atoms with Gasteiger partial charge in [-0.15, -0.1) is 94.1 Å². The third-order valence-corrected chi connectivity index (χ3v) is 20.5. The number of hydrogen-bond acceptors (Lipinski definition) is 14. The normalized spacial score (nSPS) is 16.9. The first-order valence-electron chi connectivity index (χ1n) is 18.2. The van der Waals surface area contributed by atoms with Gasteiger partial charge in [0, 0.05) is 129 Å². The molecule has 9 heterocycles. The summed E-state index contributed by atoms with van der Waals surface area (Å²) in [6.45, 7) is 0. The molecule has 8 nitrogen and oxygen atoms in total. The van der Waals surface area contributed by atoms with E-state index in [1.165, 1.54) is 39.2 Å². The van der Waals surface area contributed by atoms with Crippen LogP contribution in [0.2, 0.25) is 0 Å². The third-order valence-electron chi connectivity index (χ3n) is 10.5. The lowest BCUT2D eigenvalue weighted by Gasteiger charge is -2.16. The molecule has 3 aromatic heterocycles. The second-order valence-corrected chi connectivity index (χ2v) is 22.9. The van der Waals surface area contributed by atoms with E-state index in [0.29, 0.717) is 23.3 Å². The molecule has 0 amide bonds. The fourth-order valence-corrected chi connectivity index (χ4v) is 17.0. The molecular weight excluding hydrogens is 849 g/mol. The SMILES string of the molecule is c1c2c(cc3c1-c1nc-3nc3[nH]c(nc4nc(nc5[nH]c(n1)c1cc6c(cc51)SCCS6)-c1cc5c(cc1-4)SCCS5)c1cc4c(cc31)SCCS4)SCCS2. The molecule has 4 aromatic carbocycles. The van der Waals surface area contributed by atoms with Gasteiger partial charge in [0.15, 0.2) is 23.3 Å². The second-order valence-electron chi connectivity index (χ2n) is 13.8. The van der Waals surface area contributed by atoms with E-state index < -0.39 is 0 Å². The van der Waals surface area contributed by atoms with Crippen molar-refractivity contribution in [2.75, 3.05) is 46.0 Å². The Morgan fingerprint density at radius 3 is 0.732 bits per heavy atom. The summed E-state index contributed by atoms with van der Waals surface area (Å²) in [6.07, 6.45) is 0. The molecule has 8 bridgehead atoms. The summed E-state index contributed by atoms with van der Waals surface area (Å²) in [5, 5.41) is 4.13. The fourth-order valence-electron chi connectivity index (χ4n) is 7.93. The van der Waals surface area contributed by atoms with Crippen LogP contribution in [0.3, 0.4) is 0 Å². The highest BCUT2D eigenvalue weighted by Gasteiger charge is 2.27. The molecule has 274 valence electrons. The standard InChI is InChI=1S/C40H26N8S8/c1-2-50-26-10-18-17(9-25(26)49-1)33-41-34(18)46-36-21-13-29-30(54-6-5-53-29)14-22(21)38(43-36)48-40-24-16-32-31(55-7-8-56-32)15-23(24)39(44-40)47-37-20-12-28-27(51-3-4-52-28)11-19(20)35(42-37)45-33/h9-16H,1-8H2,(H2,41,42,43,44,45,46,47,48). The second kappa shape index (κ2) is 13.3. The maximum Gasteiger partial charge on any atom is 0.164 e. The van der Waals surface area contributed by atoms with Crippen LogP contribution in [0.1, 0.15) is 0 Å². The van der Waals surface area contributed by atoms with Gasteiger partial charge in [-0.1, -0.05) is 0 Å². The van der Waals surface area contributed by atoms with E-state index in [1.807, 2.05) is 94.1 Å². The van der Waals surface area contributed by atoms with Gasteiger partial charge in [0.2, 0.25) is 0 Å². The van der Waals surface area contributed by atoms with Crippen molar-refractivity contribution in [2.45, 2.75) is 39.2 Å². The first-order chi connectivity index (χ1) is 27.7. The Balaban J connectivity index is 1.19. The number of nitrogens with one attached hydrogen (secondary N) is 2. The number of H-pyrrole nitrogens is 2. The highest BCUT2D eigenvalue weighted by molar-refractivity contribution is 8.07. The van der Waals surface area contributed by atoms with Crippen LogP contribution in [0.15, 0.2) is 87.7 Å². The molecule has 2 N–H and O–H groups in total. The van der Waals surface area contributed by atoms with E-state index in [1.54, 1.807) is 0 Å². The quantitative estimate of drug-likeness (QED) is 0.151. The Morgan fingerprint density at radius 1 is 0.286 bits per heavy atom. The fraction of sp³-hybridized carbons (Fsp3) is 0.200. The molecule has 0 unspecified atom stereocenters. The zero-order chi connectivity index (χ0) is 36.5. The topological polar surface area (TPSA) is 109 Å². The highest BCUT2D eigenvalue weighted by Crippen LogP contribution is 2.48. The smallest absolute Gasteiger partial charge is 0.164 e. The zero-order valence-corrected chi connectivity index (χ0v) is 35.8. The van der Waals surface area contributed by atoms with Gasteiger partial charge in [-0.2, -0.15) is 0 Å². The van der Waals surface area contributed by atoms with Crippen molar-refractivity contribution >= 4 is 138 Å². The molecule has 0 atom stereocenters. The Kier molecular flexibility index (Phi) is 8.05. The lowest BCUT2D eigenvalue weighted by atomic mass is 10.1. The number of benzene rings is 4. The summed E-state index contributed by atoms with van der Waals surface area (Å²) in [5.74, 6) is 11.3. The number of aromatic nitrogens is 8. The van der Waals surface area contributed by atoms with Crippen molar-refractivity contribution in [3.63, 3.8) is 0 Å². The molecule has 13 rings (SSSR count). The van der Waals surface area contributed by atoms with E-state index in [2.05, 4.69) is 58.5 Å². The minimum absolute atomic E-state index is 0.657. The van der Waals surface area contributed by atoms with Crippen LogP contribution in [0.25, 0.3) is 89.7 Å². The lowest BCUT2D eigenvalue weighted by Crippen LogP contribution is -1.95. The predicted octanol–water partition coefficient (Wildman–Crippen LogP) is 11.7. The van der Waals surface area contributed by atoms with Gasteiger partial charge < -0.3 is 9.97 Å². The predicted molar refractivity (Wildman–Crippen MR) is 242 cm³/mol. The van der Waals surface area contributed by atoms with Crippen LogP contribution in [0.4, 0.5) is 0 Å². The van der Waals surface area contributed by atoms with Gasteiger partial charge in [0.1, 0.15) is 22.6 Å². The molecule has 16 heteroatoms. The van der Waals surface area contributed by atoms with Crippen LogP contribution in [0.5, 0.6) is 0 Å². The van der Waals surface area contributed by atoms with E-state index >= 15 is 0 Å². The van der Waals surface area contributed by atoms with Crippen LogP contribution in [-0.2, 0) is 0 Å². The van der Waals surface area contributed by atoms with Crippen molar-refractivity contribution in [3.05, 3.63) is 48.5 Å². The summed E-state index contributed by atoms with van der Waals surface area (Å²) in [6, 6.07) is 18.3. The zero-order valence-electron chi connectivity index (χ0n) is 29.2. The van der Waals surface area contributed by atoms with Crippen LogP contribution < -0.4 is 0 Å². The Morgan fingerprint density at radius 2 is 0.500 bits per heavy atom. The summed E-state index contributed by atoms with van der Waals surface area (Å²) >= 11 is 15.3. The van der Waals surface area contributed by atoms with E-state index in [4.69, 9.17) is 29.9 Å². The molecule has 0 fully saturated rings. The first kappa shape index (κ1) is 34.0. The third kappa shape index (κ3) is 5.46. The molecule has 0 saturated heterocycles. The van der Waals surface area contributed by atoms with Gasteiger partial charge in [0.05, 0.1) is 0 Å². The summed E-state index contributed by atoms with van der Waals surface area (Å²) < 4.78 is 0. The van der Waals surface area contributed by atoms with Gasteiger partial charge in [-0.25, -0.2) is 29.9 Å². The molecule has 6 aliphatic heterocycles. The van der Waals surface area contributed by atoms with Gasteiger partial charge in [0.25, 0.3) is 0 Å². The Hall–Kier alpha value is -2.96. The molecule has 7 aromatic rings. The average molecular weight is 875 g/mol. The number of aromatic amines is 2. The van der Waals surface area contributed by atoms with Gasteiger partial charge >= 0.3 is 0 Å². The number of thioether (sulfide) groups is 8. The van der Waals surface area contributed by atoms with Crippen molar-refractivity contribution in [3.8, 4) is 45.6 Å². The summed E-state index contributed by atoms with van der Waals surface area (Å²) in [5.41, 5.74) is 6.99.